The van der Waals surface area contributed by atoms with Gasteiger partial charge >= 0.3 is 0 Å². The fraction of sp³-hybridized carbons (Fsp3) is 0.571. The molecule has 0 aliphatic heterocycles. The molecule has 0 bridgehead atoms. The minimum atomic E-state index is 1.02. The van der Waals surface area contributed by atoms with Crippen molar-refractivity contribution in [2.24, 2.45) is 5.92 Å². The summed E-state index contributed by atoms with van der Waals surface area (Å²) >= 11 is 1.97. The van der Waals surface area contributed by atoms with E-state index in [2.05, 4.69) is 42.2 Å². The second kappa shape index (κ2) is 6.31. The molecule has 1 aromatic carbocycles. The molecule has 1 fully saturated rings. The van der Waals surface area contributed by atoms with Crippen molar-refractivity contribution in [2.45, 2.75) is 24.7 Å². The van der Waals surface area contributed by atoms with Gasteiger partial charge < -0.3 is 4.90 Å². The van der Waals surface area contributed by atoms with E-state index in [0.29, 0.717) is 0 Å². The second-order valence-corrected chi connectivity index (χ2v) is 5.67. The van der Waals surface area contributed by atoms with Gasteiger partial charge in [0, 0.05) is 23.7 Å². The number of hydrogen-bond acceptors (Lipinski definition) is 2. The largest absolute Gasteiger partial charge is 0.303 e. The van der Waals surface area contributed by atoms with E-state index in [1.165, 1.54) is 43.1 Å². The summed E-state index contributed by atoms with van der Waals surface area (Å²) in [6, 6.07) is 10.7. The summed E-state index contributed by atoms with van der Waals surface area (Å²) in [6.07, 6.45) is 2.92. The van der Waals surface area contributed by atoms with Gasteiger partial charge in [0.25, 0.3) is 0 Å². The quantitative estimate of drug-likeness (QED) is 0.665. The van der Waals surface area contributed by atoms with E-state index in [1.807, 2.05) is 11.8 Å². The van der Waals surface area contributed by atoms with Crippen LogP contribution >= 0.6 is 11.8 Å². The van der Waals surface area contributed by atoms with E-state index in [9.17, 15) is 0 Å². The number of nitrogens with zero attached hydrogens (tertiary/aromatic N) is 1. The highest BCUT2D eigenvalue weighted by Crippen LogP contribution is 2.29. The summed E-state index contributed by atoms with van der Waals surface area (Å²) in [5.74, 6) is 2.23. The van der Waals surface area contributed by atoms with Gasteiger partial charge in [-0.25, -0.2) is 0 Å². The van der Waals surface area contributed by atoms with Gasteiger partial charge in [-0.1, -0.05) is 25.1 Å². The third-order valence-electron chi connectivity index (χ3n) is 3.08. The van der Waals surface area contributed by atoms with Crippen molar-refractivity contribution in [3.8, 4) is 0 Å². The lowest BCUT2D eigenvalue weighted by atomic mass is 10.3. The molecule has 2 rings (SSSR count). The molecule has 0 amide bonds. The van der Waals surface area contributed by atoms with Gasteiger partial charge in [0.15, 0.2) is 0 Å². The van der Waals surface area contributed by atoms with Crippen molar-refractivity contribution < 1.29 is 0 Å². The van der Waals surface area contributed by atoms with Crippen LogP contribution in [0, 0.1) is 5.92 Å². The predicted octanol–water partition coefficient (Wildman–Crippen LogP) is 3.51. The summed E-state index contributed by atoms with van der Waals surface area (Å²) in [5.41, 5.74) is 0. The Kier molecular flexibility index (Phi) is 4.73. The number of thioether (sulfide) groups is 1. The number of rotatable bonds is 7. The highest BCUT2D eigenvalue weighted by molar-refractivity contribution is 7.99. The molecular weight excluding hydrogens is 214 g/mol. The minimum Gasteiger partial charge on any atom is -0.303 e. The van der Waals surface area contributed by atoms with Crippen molar-refractivity contribution in [3.63, 3.8) is 0 Å². The van der Waals surface area contributed by atoms with Crippen LogP contribution in [0.5, 0.6) is 0 Å². The van der Waals surface area contributed by atoms with Crippen molar-refractivity contribution >= 4 is 11.8 Å². The van der Waals surface area contributed by atoms with Gasteiger partial charge in [0.1, 0.15) is 0 Å². The number of hydrogen-bond donors (Lipinski definition) is 0. The van der Waals surface area contributed by atoms with E-state index < -0.39 is 0 Å². The Labute approximate surface area is 103 Å². The summed E-state index contributed by atoms with van der Waals surface area (Å²) in [4.78, 5) is 3.98. The lowest BCUT2D eigenvalue weighted by Gasteiger charge is -2.19. The van der Waals surface area contributed by atoms with Gasteiger partial charge in [-0.3, -0.25) is 0 Å². The van der Waals surface area contributed by atoms with Gasteiger partial charge in [0.05, 0.1) is 0 Å². The zero-order chi connectivity index (χ0) is 11.2. The van der Waals surface area contributed by atoms with Crippen LogP contribution in [0.1, 0.15) is 19.8 Å². The normalized spacial score (nSPS) is 15.6. The van der Waals surface area contributed by atoms with Crippen LogP contribution in [-0.4, -0.2) is 30.3 Å². The van der Waals surface area contributed by atoms with Crippen molar-refractivity contribution in [1.29, 1.82) is 0 Å². The summed E-state index contributed by atoms with van der Waals surface area (Å²) < 4.78 is 0. The van der Waals surface area contributed by atoms with E-state index in [4.69, 9.17) is 0 Å². The molecular formula is C14H21NS. The average molecular weight is 235 g/mol. The topological polar surface area (TPSA) is 3.24 Å². The third kappa shape index (κ3) is 4.18. The average Bonchev–Trinajstić information content (AvgIpc) is 3.13. The molecule has 88 valence electrons. The molecule has 0 unspecified atom stereocenters. The molecule has 0 N–H and O–H groups in total. The minimum absolute atomic E-state index is 1.02. The monoisotopic (exact) mass is 235 g/mol. The van der Waals surface area contributed by atoms with E-state index in [0.717, 1.165) is 5.92 Å². The first-order valence-electron chi connectivity index (χ1n) is 6.28. The van der Waals surface area contributed by atoms with Crippen molar-refractivity contribution in [3.05, 3.63) is 30.3 Å². The molecule has 0 aromatic heterocycles. The van der Waals surface area contributed by atoms with E-state index in [1.54, 1.807) is 0 Å². The Morgan fingerprint density at radius 3 is 2.62 bits per heavy atom. The van der Waals surface area contributed by atoms with Gasteiger partial charge in [-0.15, -0.1) is 11.8 Å². The highest BCUT2D eigenvalue weighted by atomic mass is 32.2. The molecule has 0 heterocycles. The lowest BCUT2D eigenvalue weighted by Crippen LogP contribution is -2.28. The van der Waals surface area contributed by atoms with Gasteiger partial charge in [-0.2, -0.15) is 0 Å². The molecule has 0 spiro atoms. The smallest absolute Gasteiger partial charge is 0.0108 e. The summed E-state index contributed by atoms with van der Waals surface area (Å²) in [6.45, 7) is 6.03. The van der Waals surface area contributed by atoms with Crippen LogP contribution in [0.4, 0.5) is 0 Å². The Morgan fingerprint density at radius 2 is 2.00 bits per heavy atom. The van der Waals surface area contributed by atoms with E-state index >= 15 is 0 Å². The Hall–Kier alpha value is -0.470. The molecule has 0 radical (unpaired) electrons. The molecule has 1 saturated carbocycles. The highest BCUT2D eigenvalue weighted by Gasteiger charge is 2.23. The lowest BCUT2D eigenvalue weighted by molar-refractivity contribution is 0.294. The summed E-state index contributed by atoms with van der Waals surface area (Å²) in [7, 11) is 0. The van der Waals surface area contributed by atoms with Crippen LogP contribution < -0.4 is 0 Å². The molecule has 1 nitrogen and oxygen atoms in total. The van der Waals surface area contributed by atoms with Crippen LogP contribution in [0.3, 0.4) is 0 Å². The van der Waals surface area contributed by atoms with Crippen LogP contribution in [0.25, 0.3) is 0 Å². The molecule has 2 heteroatoms. The Balaban J connectivity index is 1.65. The van der Waals surface area contributed by atoms with Crippen molar-refractivity contribution in [1.82, 2.24) is 4.90 Å². The fourth-order valence-electron chi connectivity index (χ4n) is 1.85. The molecule has 0 atom stereocenters. The maximum Gasteiger partial charge on any atom is 0.0108 e. The predicted molar refractivity (Wildman–Crippen MR) is 72.0 cm³/mol. The van der Waals surface area contributed by atoms with Gasteiger partial charge in [0.2, 0.25) is 0 Å². The zero-order valence-corrected chi connectivity index (χ0v) is 10.9. The number of benzene rings is 1. The van der Waals surface area contributed by atoms with Crippen molar-refractivity contribution in [2.75, 3.05) is 25.4 Å². The Bertz CT molecular complexity index is 295. The standard InChI is InChI=1S/C14H21NS/c1-2-15(12-13-8-9-13)10-11-16-14-6-4-3-5-7-14/h3-7,13H,2,8-12H2,1H3. The maximum absolute atomic E-state index is 2.59. The first-order valence-corrected chi connectivity index (χ1v) is 7.27. The first-order chi connectivity index (χ1) is 7.88. The van der Waals surface area contributed by atoms with E-state index in [-0.39, 0.29) is 0 Å². The first kappa shape index (κ1) is 12.0. The SMILES string of the molecule is CCN(CCSc1ccccc1)CC1CC1. The molecule has 1 aromatic rings. The zero-order valence-electron chi connectivity index (χ0n) is 10.1. The molecule has 1 aliphatic rings. The molecule has 16 heavy (non-hydrogen) atoms. The molecule has 0 saturated heterocycles. The summed E-state index contributed by atoms with van der Waals surface area (Å²) in [5, 5.41) is 0. The molecule has 1 aliphatic carbocycles. The van der Waals surface area contributed by atoms with Gasteiger partial charge in [-0.05, 0) is 37.4 Å². The fourth-order valence-corrected chi connectivity index (χ4v) is 2.79. The Morgan fingerprint density at radius 1 is 1.25 bits per heavy atom. The third-order valence-corrected chi connectivity index (χ3v) is 4.07. The van der Waals surface area contributed by atoms with Crippen LogP contribution in [0.15, 0.2) is 35.2 Å². The van der Waals surface area contributed by atoms with Crippen LogP contribution in [-0.2, 0) is 0 Å². The second-order valence-electron chi connectivity index (χ2n) is 4.50. The maximum atomic E-state index is 2.59. The van der Waals surface area contributed by atoms with Crippen LogP contribution in [0.2, 0.25) is 0 Å².